The third-order valence-corrected chi connectivity index (χ3v) is 6.14. The molecule has 0 bridgehead atoms. The minimum Gasteiger partial charge on any atom is -0.450 e. The molecule has 3 rings (SSSR count). The first-order valence-electron chi connectivity index (χ1n) is 10.9. The molecule has 0 spiro atoms. The zero-order valence-electron chi connectivity index (χ0n) is 17.6. The molecule has 28 heavy (non-hydrogen) atoms. The Balaban J connectivity index is 1.72. The second-order valence-electron chi connectivity index (χ2n) is 8.32. The molecule has 1 fully saturated rings. The van der Waals surface area contributed by atoms with Gasteiger partial charge in [-0.15, -0.1) is 0 Å². The molecule has 2 aromatic rings. The molecule has 1 unspecified atom stereocenters. The van der Waals surface area contributed by atoms with Gasteiger partial charge >= 0.3 is 0 Å². The summed E-state index contributed by atoms with van der Waals surface area (Å²) in [6.07, 6.45) is 7.47. The average molecular weight is 384 g/mol. The van der Waals surface area contributed by atoms with Crippen molar-refractivity contribution in [2.24, 2.45) is 0 Å². The molecular formula is C24H35N2O2+. The van der Waals surface area contributed by atoms with Gasteiger partial charge in [0.1, 0.15) is 13.1 Å². The maximum absolute atomic E-state index is 12.3. The fraction of sp³-hybridized carbons (Fsp3) is 0.542. The smallest absolute Gasteiger partial charge is 0.287 e. The first-order valence-corrected chi connectivity index (χ1v) is 10.9. The Labute approximate surface area is 169 Å². The molecule has 1 aliphatic rings. The van der Waals surface area contributed by atoms with Gasteiger partial charge in [-0.2, -0.15) is 0 Å². The summed E-state index contributed by atoms with van der Waals surface area (Å²) in [6.45, 7) is 8.11. The number of carbonyl (C=O) groups excluding carboxylic acids is 1. The van der Waals surface area contributed by atoms with E-state index < -0.39 is 0 Å². The van der Waals surface area contributed by atoms with Crippen molar-refractivity contribution in [1.82, 2.24) is 5.32 Å². The molecule has 1 aromatic heterocycles. The van der Waals surface area contributed by atoms with Gasteiger partial charge in [0.2, 0.25) is 0 Å². The summed E-state index contributed by atoms with van der Waals surface area (Å²) in [5.74, 6) is 1.22. The molecule has 1 aliphatic carbocycles. The summed E-state index contributed by atoms with van der Waals surface area (Å²) in [5, 5.41) is 2.98. The van der Waals surface area contributed by atoms with Gasteiger partial charge < -0.3 is 14.6 Å². The Morgan fingerprint density at radius 1 is 1.14 bits per heavy atom. The zero-order chi connectivity index (χ0) is 19.9. The van der Waals surface area contributed by atoms with E-state index in [9.17, 15) is 4.79 Å². The number of benzene rings is 1. The van der Waals surface area contributed by atoms with Gasteiger partial charge in [-0.05, 0) is 63.6 Å². The molecule has 1 aromatic carbocycles. The van der Waals surface area contributed by atoms with E-state index in [2.05, 4.69) is 43.4 Å². The summed E-state index contributed by atoms with van der Waals surface area (Å²) in [7, 11) is 0. The highest BCUT2D eigenvalue weighted by Gasteiger charge is 2.27. The van der Waals surface area contributed by atoms with Crippen LogP contribution in [0.1, 0.15) is 79.8 Å². The Morgan fingerprint density at radius 3 is 2.61 bits per heavy atom. The minimum atomic E-state index is -0.112. The maximum Gasteiger partial charge on any atom is 0.287 e. The predicted molar refractivity (Wildman–Crippen MR) is 112 cm³/mol. The van der Waals surface area contributed by atoms with E-state index in [0.29, 0.717) is 11.8 Å². The Kier molecular flexibility index (Phi) is 7.32. The van der Waals surface area contributed by atoms with Crippen LogP contribution in [0.2, 0.25) is 0 Å². The van der Waals surface area contributed by atoms with Crippen molar-refractivity contribution < 1.29 is 14.1 Å². The summed E-state index contributed by atoms with van der Waals surface area (Å²) in [4.78, 5) is 13.9. The number of nitrogens with one attached hydrogen (secondary N) is 2. The lowest BCUT2D eigenvalue weighted by atomic mass is 9.93. The second kappa shape index (κ2) is 9.92. The van der Waals surface area contributed by atoms with Crippen LogP contribution in [0.3, 0.4) is 0 Å². The SMILES string of the molecule is CC[C@H](C)NC(=O)c1ccc(C[NH+](Cc2ccccc2C)C2CCCCC2)o1. The highest BCUT2D eigenvalue weighted by atomic mass is 16.4. The van der Waals surface area contributed by atoms with Crippen LogP contribution in [0.25, 0.3) is 0 Å². The Bertz CT molecular complexity index is 761. The van der Waals surface area contributed by atoms with Crippen LogP contribution < -0.4 is 10.2 Å². The first kappa shape index (κ1) is 20.7. The van der Waals surface area contributed by atoms with E-state index in [1.807, 2.05) is 19.1 Å². The number of quaternary nitrogens is 1. The summed E-state index contributed by atoms with van der Waals surface area (Å²) in [5.41, 5.74) is 2.76. The number of rotatable bonds is 8. The van der Waals surface area contributed by atoms with Crippen molar-refractivity contribution in [3.05, 3.63) is 59.0 Å². The van der Waals surface area contributed by atoms with Crippen LogP contribution in [0, 0.1) is 6.92 Å². The topological polar surface area (TPSA) is 46.7 Å². The monoisotopic (exact) mass is 383 g/mol. The fourth-order valence-corrected chi connectivity index (χ4v) is 4.13. The molecule has 1 amide bonds. The van der Waals surface area contributed by atoms with E-state index in [0.717, 1.165) is 25.3 Å². The molecular weight excluding hydrogens is 348 g/mol. The van der Waals surface area contributed by atoms with Crippen molar-refractivity contribution in [2.45, 2.75) is 84.5 Å². The van der Waals surface area contributed by atoms with Crippen molar-refractivity contribution in [2.75, 3.05) is 0 Å². The van der Waals surface area contributed by atoms with Crippen LogP contribution >= 0.6 is 0 Å². The van der Waals surface area contributed by atoms with Crippen LogP contribution in [0.5, 0.6) is 0 Å². The number of hydrogen-bond acceptors (Lipinski definition) is 2. The zero-order valence-corrected chi connectivity index (χ0v) is 17.6. The molecule has 0 aliphatic heterocycles. The summed E-state index contributed by atoms with van der Waals surface area (Å²) < 4.78 is 5.95. The molecule has 0 saturated heterocycles. The highest BCUT2D eigenvalue weighted by Crippen LogP contribution is 2.17. The molecule has 2 N–H and O–H groups in total. The number of amides is 1. The van der Waals surface area contributed by atoms with E-state index in [-0.39, 0.29) is 11.9 Å². The van der Waals surface area contributed by atoms with E-state index in [1.165, 1.54) is 43.2 Å². The first-order chi connectivity index (χ1) is 13.6. The second-order valence-corrected chi connectivity index (χ2v) is 8.32. The maximum atomic E-state index is 12.3. The fourth-order valence-electron chi connectivity index (χ4n) is 4.13. The van der Waals surface area contributed by atoms with Crippen LogP contribution in [0.4, 0.5) is 0 Å². The largest absolute Gasteiger partial charge is 0.450 e. The molecule has 0 radical (unpaired) electrons. The van der Waals surface area contributed by atoms with Crippen LogP contribution in [0.15, 0.2) is 40.8 Å². The lowest BCUT2D eigenvalue weighted by Crippen LogP contribution is -3.13. The highest BCUT2D eigenvalue weighted by molar-refractivity contribution is 5.91. The van der Waals surface area contributed by atoms with E-state index >= 15 is 0 Å². The number of carbonyl (C=O) groups is 1. The number of aryl methyl sites for hydroxylation is 1. The summed E-state index contributed by atoms with van der Waals surface area (Å²) in [6, 6.07) is 13.3. The van der Waals surface area contributed by atoms with Crippen molar-refractivity contribution in [1.29, 1.82) is 0 Å². The standard InChI is InChI=1S/C24H34N2O2/c1-4-19(3)25-24(27)23-15-14-22(28-23)17-26(21-12-6-5-7-13-21)16-20-11-9-8-10-18(20)2/h8-11,14-15,19,21H,4-7,12-13,16-17H2,1-3H3,(H,25,27)/p+1/t19-/m0/s1. The average Bonchev–Trinajstić information content (AvgIpc) is 3.18. The quantitative estimate of drug-likeness (QED) is 0.723. The predicted octanol–water partition coefficient (Wildman–Crippen LogP) is 4.03. The molecule has 4 heteroatoms. The van der Waals surface area contributed by atoms with Gasteiger partial charge in [-0.3, -0.25) is 4.79 Å². The molecule has 2 atom stereocenters. The lowest BCUT2D eigenvalue weighted by molar-refractivity contribution is -0.954. The van der Waals surface area contributed by atoms with Crippen LogP contribution in [-0.2, 0) is 13.1 Å². The van der Waals surface area contributed by atoms with Crippen molar-refractivity contribution in [3.8, 4) is 0 Å². The lowest BCUT2D eigenvalue weighted by Gasteiger charge is -2.31. The van der Waals surface area contributed by atoms with Crippen molar-refractivity contribution in [3.63, 3.8) is 0 Å². The third kappa shape index (κ3) is 5.48. The third-order valence-electron chi connectivity index (χ3n) is 6.14. The molecule has 1 saturated carbocycles. The van der Waals surface area contributed by atoms with Gasteiger partial charge in [0, 0.05) is 11.6 Å². The van der Waals surface area contributed by atoms with E-state index in [4.69, 9.17) is 4.42 Å². The summed E-state index contributed by atoms with van der Waals surface area (Å²) >= 11 is 0. The van der Waals surface area contributed by atoms with Gasteiger partial charge in [-0.25, -0.2) is 0 Å². The van der Waals surface area contributed by atoms with Gasteiger partial charge in [0.25, 0.3) is 5.91 Å². The van der Waals surface area contributed by atoms with Crippen LogP contribution in [-0.4, -0.2) is 18.0 Å². The van der Waals surface area contributed by atoms with Gasteiger partial charge in [0.05, 0.1) is 6.04 Å². The Morgan fingerprint density at radius 2 is 1.89 bits per heavy atom. The Hall–Kier alpha value is -2.07. The minimum absolute atomic E-state index is 0.112. The normalized spacial score (nSPS) is 17.2. The number of furan rings is 1. The molecule has 152 valence electrons. The van der Waals surface area contributed by atoms with Crippen molar-refractivity contribution >= 4 is 5.91 Å². The van der Waals surface area contributed by atoms with Gasteiger partial charge in [-0.1, -0.05) is 37.6 Å². The number of hydrogen-bond donors (Lipinski definition) is 2. The van der Waals surface area contributed by atoms with Gasteiger partial charge in [0.15, 0.2) is 11.5 Å². The molecule has 1 heterocycles. The molecule has 4 nitrogen and oxygen atoms in total. The van der Waals surface area contributed by atoms with E-state index in [1.54, 1.807) is 4.90 Å².